The van der Waals surface area contributed by atoms with Crippen molar-refractivity contribution in [1.82, 2.24) is 0 Å². The molecular weight excluding hydrogens is 284 g/mol. The summed E-state index contributed by atoms with van der Waals surface area (Å²) in [6.45, 7) is 12.2. The maximum Gasteiger partial charge on any atom is 0.142 e. The molecular formula is C20H28N2O. The minimum atomic E-state index is 0.175. The minimum Gasteiger partial charge on any atom is -0.489 e. The zero-order valence-electron chi connectivity index (χ0n) is 14.9. The lowest BCUT2D eigenvalue weighted by Crippen LogP contribution is -2.16. The Bertz CT molecular complexity index is 627. The third kappa shape index (κ3) is 4.92. The molecule has 0 fully saturated rings. The summed E-state index contributed by atoms with van der Waals surface area (Å²) in [5.74, 6) is 0.908. The lowest BCUT2D eigenvalue weighted by Gasteiger charge is -2.17. The van der Waals surface area contributed by atoms with Crippen molar-refractivity contribution in [3.8, 4) is 5.75 Å². The van der Waals surface area contributed by atoms with Gasteiger partial charge in [-0.15, -0.1) is 0 Å². The van der Waals surface area contributed by atoms with Crippen LogP contribution in [0.15, 0.2) is 36.4 Å². The highest BCUT2D eigenvalue weighted by molar-refractivity contribution is 5.59. The molecule has 3 nitrogen and oxygen atoms in total. The molecule has 0 heterocycles. The van der Waals surface area contributed by atoms with Crippen LogP contribution < -0.4 is 15.4 Å². The summed E-state index contributed by atoms with van der Waals surface area (Å²) in [6, 6.07) is 12.5. The van der Waals surface area contributed by atoms with Crippen molar-refractivity contribution >= 4 is 11.4 Å². The number of hydrogen-bond acceptors (Lipinski definition) is 3. The summed E-state index contributed by atoms with van der Waals surface area (Å²) >= 11 is 0. The van der Waals surface area contributed by atoms with E-state index >= 15 is 0 Å². The topological polar surface area (TPSA) is 33.3 Å². The molecule has 0 radical (unpaired) electrons. The fourth-order valence-electron chi connectivity index (χ4n) is 2.81. The van der Waals surface area contributed by atoms with Crippen molar-refractivity contribution in [3.63, 3.8) is 0 Å². The molecule has 2 N–H and O–H groups in total. The lowest BCUT2D eigenvalue weighted by atomic mass is 10.1. The van der Waals surface area contributed by atoms with Gasteiger partial charge in [-0.1, -0.05) is 29.8 Å². The Hall–Kier alpha value is -2.16. The largest absolute Gasteiger partial charge is 0.489 e. The molecule has 2 rings (SSSR count). The second kappa shape index (κ2) is 7.91. The van der Waals surface area contributed by atoms with Crippen molar-refractivity contribution in [2.24, 2.45) is 0 Å². The Labute approximate surface area is 140 Å². The zero-order valence-corrected chi connectivity index (χ0v) is 14.9. The molecule has 0 amide bonds. The molecule has 0 saturated heterocycles. The van der Waals surface area contributed by atoms with Crippen LogP contribution >= 0.6 is 0 Å². The maximum absolute atomic E-state index is 5.83. The molecule has 0 atom stereocenters. The maximum atomic E-state index is 5.83. The SMILES string of the molecule is Cc1cc(C)c(NCCNc2ccccc2OC(C)C)c(C)c1. The smallest absolute Gasteiger partial charge is 0.142 e. The monoisotopic (exact) mass is 312 g/mol. The number of hydrogen-bond donors (Lipinski definition) is 2. The van der Waals surface area contributed by atoms with E-state index < -0.39 is 0 Å². The fourth-order valence-corrected chi connectivity index (χ4v) is 2.81. The molecule has 0 saturated carbocycles. The molecule has 23 heavy (non-hydrogen) atoms. The van der Waals surface area contributed by atoms with E-state index in [0.29, 0.717) is 0 Å². The van der Waals surface area contributed by atoms with Crippen molar-refractivity contribution in [2.75, 3.05) is 23.7 Å². The lowest BCUT2D eigenvalue weighted by molar-refractivity contribution is 0.243. The first-order chi connectivity index (χ1) is 11.0. The quantitative estimate of drug-likeness (QED) is 0.712. The van der Waals surface area contributed by atoms with E-state index in [4.69, 9.17) is 4.74 Å². The van der Waals surface area contributed by atoms with Crippen LogP contribution in [0.5, 0.6) is 5.75 Å². The second-order valence-corrected chi connectivity index (χ2v) is 6.29. The number of aryl methyl sites for hydroxylation is 3. The first-order valence-electron chi connectivity index (χ1n) is 8.28. The number of rotatable bonds is 7. The summed E-state index contributed by atoms with van der Waals surface area (Å²) < 4.78 is 5.83. The zero-order chi connectivity index (χ0) is 16.8. The van der Waals surface area contributed by atoms with Crippen LogP contribution in [0.4, 0.5) is 11.4 Å². The molecule has 3 heteroatoms. The van der Waals surface area contributed by atoms with E-state index in [9.17, 15) is 0 Å². The number of ether oxygens (including phenoxy) is 1. The average Bonchev–Trinajstić information content (AvgIpc) is 2.46. The van der Waals surface area contributed by atoms with Gasteiger partial charge in [-0.05, 0) is 57.9 Å². The Morgan fingerprint density at radius 2 is 1.52 bits per heavy atom. The van der Waals surface area contributed by atoms with E-state index in [2.05, 4.69) is 49.6 Å². The van der Waals surface area contributed by atoms with Crippen molar-refractivity contribution in [1.29, 1.82) is 0 Å². The third-order valence-corrected chi connectivity index (χ3v) is 3.67. The van der Waals surface area contributed by atoms with Gasteiger partial charge in [0, 0.05) is 18.8 Å². The van der Waals surface area contributed by atoms with Gasteiger partial charge in [0.05, 0.1) is 11.8 Å². The highest BCUT2D eigenvalue weighted by Crippen LogP contribution is 2.25. The summed E-state index contributed by atoms with van der Waals surface area (Å²) in [5.41, 5.74) is 6.19. The van der Waals surface area contributed by atoms with Gasteiger partial charge >= 0.3 is 0 Å². The number of anilines is 2. The molecule has 2 aromatic rings. The van der Waals surface area contributed by atoms with Gasteiger partial charge in [0.25, 0.3) is 0 Å². The van der Waals surface area contributed by atoms with Gasteiger partial charge in [0.1, 0.15) is 5.75 Å². The highest BCUT2D eigenvalue weighted by Gasteiger charge is 2.05. The van der Waals surface area contributed by atoms with Crippen LogP contribution in [0.3, 0.4) is 0 Å². The first-order valence-corrected chi connectivity index (χ1v) is 8.28. The van der Waals surface area contributed by atoms with Gasteiger partial charge in [-0.3, -0.25) is 0 Å². The molecule has 0 unspecified atom stereocenters. The predicted molar refractivity (Wildman–Crippen MR) is 99.8 cm³/mol. The van der Waals surface area contributed by atoms with Crippen molar-refractivity contribution < 1.29 is 4.74 Å². The van der Waals surface area contributed by atoms with E-state index in [1.54, 1.807) is 0 Å². The molecule has 0 aromatic heterocycles. The van der Waals surface area contributed by atoms with Crippen LogP contribution in [-0.4, -0.2) is 19.2 Å². The van der Waals surface area contributed by atoms with Crippen LogP contribution in [0, 0.1) is 20.8 Å². The molecule has 0 bridgehead atoms. The van der Waals surface area contributed by atoms with Crippen molar-refractivity contribution in [3.05, 3.63) is 53.1 Å². The molecule has 0 aliphatic carbocycles. The summed E-state index contributed by atoms with van der Waals surface area (Å²) in [6.07, 6.45) is 0.175. The summed E-state index contributed by atoms with van der Waals surface area (Å²) in [4.78, 5) is 0. The van der Waals surface area contributed by atoms with Crippen LogP contribution in [0.1, 0.15) is 30.5 Å². The molecule has 0 aliphatic heterocycles. The van der Waals surface area contributed by atoms with Gasteiger partial charge in [-0.25, -0.2) is 0 Å². The van der Waals surface area contributed by atoms with Crippen LogP contribution in [0.25, 0.3) is 0 Å². The number of para-hydroxylation sites is 2. The van der Waals surface area contributed by atoms with Crippen LogP contribution in [0.2, 0.25) is 0 Å². The van der Waals surface area contributed by atoms with Gasteiger partial charge in [0.2, 0.25) is 0 Å². The average molecular weight is 312 g/mol. The van der Waals surface area contributed by atoms with Gasteiger partial charge in [0.15, 0.2) is 0 Å². The van der Waals surface area contributed by atoms with Gasteiger partial charge in [-0.2, -0.15) is 0 Å². The second-order valence-electron chi connectivity index (χ2n) is 6.29. The van der Waals surface area contributed by atoms with E-state index in [-0.39, 0.29) is 6.10 Å². The van der Waals surface area contributed by atoms with E-state index in [1.807, 2.05) is 32.0 Å². The fraction of sp³-hybridized carbons (Fsp3) is 0.400. The Kier molecular flexibility index (Phi) is 5.91. The number of benzene rings is 2. The summed E-state index contributed by atoms with van der Waals surface area (Å²) in [5, 5.41) is 6.99. The Morgan fingerprint density at radius 1 is 0.913 bits per heavy atom. The number of nitrogens with one attached hydrogen (secondary N) is 2. The van der Waals surface area contributed by atoms with Gasteiger partial charge < -0.3 is 15.4 Å². The van der Waals surface area contributed by atoms with Crippen molar-refractivity contribution in [2.45, 2.75) is 40.7 Å². The third-order valence-electron chi connectivity index (χ3n) is 3.67. The Morgan fingerprint density at radius 3 is 2.17 bits per heavy atom. The molecule has 2 aromatic carbocycles. The van der Waals surface area contributed by atoms with E-state index in [0.717, 1.165) is 24.5 Å². The summed E-state index contributed by atoms with van der Waals surface area (Å²) in [7, 11) is 0. The van der Waals surface area contributed by atoms with Crippen LogP contribution in [-0.2, 0) is 0 Å². The Balaban J connectivity index is 1.91. The standard InChI is InChI=1S/C20H28N2O/c1-14(2)23-19-9-7-6-8-18(19)21-10-11-22-20-16(4)12-15(3)13-17(20)5/h6-9,12-14,21-22H,10-11H2,1-5H3. The molecule has 0 spiro atoms. The highest BCUT2D eigenvalue weighted by atomic mass is 16.5. The molecule has 124 valence electrons. The minimum absolute atomic E-state index is 0.175. The normalized spacial score (nSPS) is 10.7. The predicted octanol–water partition coefficient (Wildman–Crippen LogP) is 4.92. The first kappa shape index (κ1) is 17.2. The van der Waals surface area contributed by atoms with E-state index in [1.165, 1.54) is 22.4 Å². The molecule has 0 aliphatic rings.